The highest BCUT2D eigenvalue weighted by atomic mass is 19.4. The fourth-order valence-corrected chi connectivity index (χ4v) is 2.55. The number of hydrogen-bond donors (Lipinski definition) is 1. The Hall–Kier alpha value is -1.76. The molecule has 0 radical (unpaired) electrons. The molecule has 0 saturated heterocycles. The van der Waals surface area contributed by atoms with E-state index in [9.17, 15) is 18.0 Å². The molecule has 0 aliphatic carbocycles. The van der Waals surface area contributed by atoms with Gasteiger partial charge in [-0.1, -0.05) is 26.2 Å². The maximum Gasteiger partial charge on any atom is 0.420 e. The number of nitrogens with one attached hydrogen (secondary N) is 1. The number of rotatable bonds is 9. The molecule has 1 N–H and O–H groups in total. The minimum Gasteiger partial charge on any atom is -0.496 e. The van der Waals surface area contributed by atoms with Crippen LogP contribution in [0.1, 0.15) is 52.0 Å². The van der Waals surface area contributed by atoms with Gasteiger partial charge in [0.2, 0.25) is 0 Å². The first-order chi connectivity index (χ1) is 11.7. The average Bonchev–Trinajstić information content (AvgIpc) is 2.54. The van der Waals surface area contributed by atoms with Crippen LogP contribution in [0, 0.1) is 0 Å². The summed E-state index contributed by atoms with van der Waals surface area (Å²) in [5, 5.41) is 2.54. The van der Waals surface area contributed by atoms with Crippen molar-refractivity contribution in [3.05, 3.63) is 23.8 Å². The fourth-order valence-electron chi connectivity index (χ4n) is 2.55. The Morgan fingerprint density at radius 1 is 1.20 bits per heavy atom. The van der Waals surface area contributed by atoms with Crippen LogP contribution < -0.4 is 10.1 Å². The molecule has 0 spiro atoms. The minimum atomic E-state index is -4.57. The van der Waals surface area contributed by atoms with Gasteiger partial charge in [0.05, 0.1) is 12.7 Å². The van der Waals surface area contributed by atoms with E-state index in [1.165, 1.54) is 19.2 Å². The molecule has 0 aromatic heterocycles. The molecule has 142 valence electrons. The van der Waals surface area contributed by atoms with Crippen molar-refractivity contribution in [1.82, 2.24) is 0 Å². The number of amides is 1. The smallest absolute Gasteiger partial charge is 0.420 e. The van der Waals surface area contributed by atoms with E-state index in [2.05, 4.69) is 5.32 Å². The van der Waals surface area contributed by atoms with Crippen LogP contribution in [0.25, 0.3) is 0 Å². The van der Waals surface area contributed by atoms with Crippen molar-refractivity contribution in [2.24, 2.45) is 0 Å². The minimum absolute atomic E-state index is 0.0551. The van der Waals surface area contributed by atoms with E-state index < -0.39 is 23.2 Å². The van der Waals surface area contributed by atoms with Crippen molar-refractivity contribution in [3.8, 4) is 5.75 Å². The summed E-state index contributed by atoms with van der Waals surface area (Å²) < 4.78 is 49.6. The molecule has 7 heteroatoms. The molecule has 0 unspecified atom stereocenters. The number of halogens is 3. The summed E-state index contributed by atoms with van der Waals surface area (Å²) in [4.78, 5) is 12.6. The number of carbonyl (C=O) groups excluding carboxylic acids is 1. The molecule has 1 rings (SSSR count). The van der Waals surface area contributed by atoms with E-state index in [1.807, 2.05) is 6.92 Å². The lowest BCUT2D eigenvalue weighted by Crippen LogP contribution is -2.42. The van der Waals surface area contributed by atoms with E-state index in [1.54, 1.807) is 13.8 Å². The molecule has 1 atom stereocenters. The topological polar surface area (TPSA) is 47.6 Å². The summed E-state index contributed by atoms with van der Waals surface area (Å²) >= 11 is 0. The number of unbranched alkanes of at least 4 members (excludes halogenated alkanes) is 2. The summed E-state index contributed by atoms with van der Waals surface area (Å²) in [6.07, 6.45) is -1.32. The van der Waals surface area contributed by atoms with Gasteiger partial charge < -0.3 is 14.8 Å². The molecule has 0 aliphatic rings. The first kappa shape index (κ1) is 21.3. The van der Waals surface area contributed by atoms with E-state index >= 15 is 0 Å². The quantitative estimate of drug-likeness (QED) is 0.628. The molecule has 0 bridgehead atoms. The second kappa shape index (κ2) is 9.08. The monoisotopic (exact) mass is 361 g/mol. The molecule has 25 heavy (non-hydrogen) atoms. The molecule has 0 saturated carbocycles. The number of anilines is 1. The van der Waals surface area contributed by atoms with Crippen LogP contribution in [-0.4, -0.2) is 25.2 Å². The molecular weight excluding hydrogens is 335 g/mol. The first-order valence-electron chi connectivity index (χ1n) is 8.38. The molecule has 4 nitrogen and oxygen atoms in total. The zero-order valence-corrected chi connectivity index (χ0v) is 15.1. The zero-order valence-electron chi connectivity index (χ0n) is 15.1. The molecule has 0 fully saturated rings. The lowest BCUT2D eigenvalue weighted by molar-refractivity contribution is -0.140. The Kier molecular flexibility index (Phi) is 7.73. The number of hydrogen-bond acceptors (Lipinski definition) is 3. The van der Waals surface area contributed by atoms with Crippen molar-refractivity contribution in [1.29, 1.82) is 0 Å². The SMILES string of the molecule is CCCCC[C@@](C)(OCC)C(=O)Nc1ccc(OC)c(C(F)(F)F)c1. The van der Waals surface area contributed by atoms with E-state index in [0.29, 0.717) is 13.0 Å². The van der Waals surface area contributed by atoms with E-state index in [0.717, 1.165) is 25.3 Å². The van der Waals surface area contributed by atoms with Gasteiger partial charge in [-0.15, -0.1) is 0 Å². The van der Waals surface area contributed by atoms with Crippen molar-refractivity contribution in [3.63, 3.8) is 0 Å². The number of ether oxygens (including phenoxy) is 2. The summed E-state index contributed by atoms with van der Waals surface area (Å²) in [5.74, 6) is -0.746. The van der Waals surface area contributed by atoms with Crippen molar-refractivity contribution >= 4 is 11.6 Å². The average molecular weight is 361 g/mol. The third-order valence-electron chi connectivity index (χ3n) is 3.96. The summed E-state index contributed by atoms with van der Waals surface area (Å²) in [7, 11) is 1.17. The van der Waals surface area contributed by atoms with Crippen LogP contribution in [0.15, 0.2) is 18.2 Å². The second-order valence-electron chi connectivity index (χ2n) is 5.99. The van der Waals surface area contributed by atoms with Gasteiger partial charge in [-0.2, -0.15) is 13.2 Å². The highest BCUT2D eigenvalue weighted by Crippen LogP contribution is 2.38. The maximum absolute atomic E-state index is 13.1. The normalized spacial score (nSPS) is 14.0. The molecule has 1 aromatic rings. The van der Waals surface area contributed by atoms with Crippen LogP contribution in [0.5, 0.6) is 5.75 Å². The highest BCUT2D eigenvalue weighted by Gasteiger charge is 2.36. The lowest BCUT2D eigenvalue weighted by Gasteiger charge is -2.28. The van der Waals surface area contributed by atoms with Gasteiger partial charge in [-0.05, 0) is 38.5 Å². The Bertz CT molecular complexity index is 575. The highest BCUT2D eigenvalue weighted by molar-refractivity contribution is 5.97. The van der Waals surface area contributed by atoms with Gasteiger partial charge in [0.25, 0.3) is 5.91 Å². The van der Waals surface area contributed by atoms with Gasteiger partial charge in [0.15, 0.2) is 0 Å². The second-order valence-corrected chi connectivity index (χ2v) is 5.99. The van der Waals surface area contributed by atoms with Gasteiger partial charge in [-0.25, -0.2) is 0 Å². The predicted octanol–water partition coefficient (Wildman–Crippen LogP) is 5.03. The van der Waals surface area contributed by atoms with Crippen molar-refractivity contribution in [2.75, 3.05) is 19.0 Å². The third kappa shape index (κ3) is 5.92. The number of alkyl halides is 3. The van der Waals surface area contributed by atoms with E-state index in [-0.39, 0.29) is 11.4 Å². The van der Waals surface area contributed by atoms with Crippen LogP contribution in [-0.2, 0) is 15.7 Å². The Labute approximate surface area is 146 Å². The maximum atomic E-state index is 13.1. The summed E-state index contributed by atoms with van der Waals surface area (Å²) in [6.45, 7) is 5.83. The summed E-state index contributed by atoms with van der Waals surface area (Å²) in [5.41, 5.74) is -1.96. The van der Waals surface area contributed by atoms with Crippen LogP contribution >= 0.6 is 0 Å². The molecular formula is C18H26F3NO3. The van der Waals surface area contributed by atoms with Crippen LogP contribution in [0.3, 0.4) is 0 Å². The molecule has 0 aliphatic heterocycles. The van der Waals surface area contributed by atoms with E-state index in [4.69, 9.17) is 9.47 Å². The van der Waals surface area contributed by atoms with Gasteiger partial charge in [-0.3, -0.25) is 4.79 Å². The molecule has 0 heterocycles. The largest absolute Gasteiger partial charge is 0.496 e. The molecule has 1 amide bonds. The number of benzene rings is 1. The Morgan fingerprint density at radius 3 is 2.40 bits per heavy atom. The van der Waals surface area contributed by atoms with Gasteiger partial charge in [0.1, 0.15) is 11.4 Å². The Morgan fingerprint density at radius 2 is 1.88 bits per heavy atom. The summed E-state index contributed by atoms with van der Waals surface area (Å²) in [6, 6.07) is 3.44. The fraction of sp³-hybridized carbons (Fsp3) is 0.611. The third-order valence-corrected chi connectivity index (χ3v) is 3.96. The van der Waals surface area contributed by atoms with Crippen LogP contribution in [0.2, 0.25) is 0 Å². The predicted molar refractivity (Wildman–Crippen MR) is 90.8 cm³/mol. The molecule has 1 aromatic carbocycles. The van der Waals surface area contributed by atoms with Gasteiger partial charge in [0, 0.05) is 12.3 Å². The van der Waals surface area contributed by atoms with Gasteiger partial charge >= 0.3 is 6.18 Å². The standard InChI is InChI=1S/C18H26F3NO3/c1-5-7-8-11-17(3,25-6-2)16(23)22-13-9-10-15(24-4)14(12-13)18(19,20)21/h9-10,12H,5-8,11H2,1-4H3,(H,22,23)/t17-/m1/s1. The first-order valence-corrected chi connectivity index (χ1v) is 8.38. The van der Waals surface area contributed by atoms with Crippen molar-refractivity contribution in [2.45, 2.75) is 58.2 Å². The van der Waals surface area contributed by atoms with Crippen LogP contribution in [0.4, 0.5) is 18.9 Å². The Balaban J connectivity index is 3.00. The number of methoxy groups -OCH3 is 1. The number of carbonyl (C=O) groups is 1. The van der Waals surface area contributed by atoms with Crippen molar-refractivity contribution < 1.29 is 27.4 Å². The zero-order chi connectivity index (χ0) is 19.1. The lowest BCUT2D eigenvalue weighted by atomic mass is 9.96.